The molecule has 0 aliphatic carbocycles. The Morgan fingerprint density at radius 1 is 1.12 bits per heavy atom. The maximum Gasteiger partial charge on any atom is 0.301 e. The lowest BCUT2D eigenvalue weighted by molar-refractivity contribution is -0.132. The topological polar surface area (TPSA) is 102 Å². The molecule has 32 heavy (non-hydrogen) atoms. The normalized spacial score (nSPS) is 19.4. The summed E-state index contributed by atoms with van der Waals surface area (Å²) in [6.45, 7) is 2.44. The molecule has 1 amide bonds. The van der Waals surface area contributed by atoms with Crippen LogP contribution < -0.4 is 14.4 Å². The number of Topliss-reactive ketones (excluding diaryl/α,β-unsaturated/α-hetero) is 1. The van der Waals surface area contributed by atoms with E-state index in [9.17, 15) is 19.1 Å². The fourth-order valence-corrected chi connectivity index (χ4v) is 4.46. The van der Waals surface area contributed by atoms with Crippen LogP contribution >= 0.6 is 11.3 Å². The summed E-state index contributed by atoms with van der Waals surface area (Å²) in [5, 5.41) is 19.7. The second kappa shape index (κ2) is 7.72. The van der Waals surface area contributed by atoms with Crippen molar-refractivity contribution in [2.75, 3.05) is 18.1 Å². The van der Waals surface area contributed by atoms with Crippen molar-refractivity contribution in [1.82, 2.24) is 10.2 Å². The van der Waals surface area contributed by atoms with Crippen molar-refractivity contribution in [2.45, 2.75) is 13.0 Å². The van der Waals surface area contributed by atoms with E-state index >= 15 is 0 Å². The van der Waals surface area contributed by atoms with Crippen molar-refractivity contribution in [3.8, 4) is 11.5 Å². The molecule has 1 aromatic heterocycles. The molecule has 1 fully saturated rings. The Labute approximate surface area is 185 Å². The number of fused-ring (bicyclic) bond motifs is 1. The second-order valence-corrected chi connectivity index (χ2v) is 8.31. The number of hydrogen-bond donors (Lipinski definition) is 1. The number of rotatable bonds is 3. The first-order valence-corrected chi connectivity index (χ1v) is 10.5. The number of carbonyl (C=O) groups excluding carboxylic acids is 2. The zero-order chi connectivity index (χ0) is 22.4. The molecule has 162 valence electrons. The first-order chi connectivity index (χ1) is 15.5. The average Bonchev–Trinajstić information content (AvgIpc) is 3.34. The van der Waals surface area contributed by atoms with Gasteiger partial charge in [-0.3, -0.25) is 14.5 Å². The largest absolute Gasteiger partial charge is 0.507 e. The molecular weight excluding hydrogens is 437 g/mol. The number of aromatic nitrogens is 2. The molecule has 1 N–H and O–H groups in total. The molecule has 3 heterocycles. The van der Waals surface area contributed by atoms with E-state index in [1.54, 1.807) is 25.1 Å². The van der Waals surface area contributed by atoms with Gasteiger partial charge in [0, 0.05) is 11.1 Å². The van der Waals surface area contributed by atoms with Crippen molar-refractivity contribution in [3.63, 3.8) is 0 Å². The summed E-state index contributed by atoms with van der Waals surface area (Å²) >= 11 is 1.09. The highest BCUT2D eigenvalue weighted by atomic mass is 32.1. The Kier molecular flexibility index (Phi) is 4.86. The number of amides is 1. The van der Waals surface area contributed by atoms with Crippen LogP contribution in [0, 0.1) is 12.7 Å². The fraction of sp³-hybridized carbons (Fsp3) is 0.182. The molecule has 2 aliphatic rings. The highest BCUT2D eigenvalue weighted by Crippen LogP contribution is 2.44. The number of halogens is 1. The molecule has 0 spiro atoms. The summed E-state index contributed by atoms with van der Waals surface area (Å²) in [6.07, 6.45) is 0. The SMILES string of the molecule is Cc1nnc(N2C(=O)C(=O)/C(=C(\O)c3ccc4c(c3)OCCO4)C2c2ccccc2F)s1. The minimum absolute atomic E-state index is 0.0543. The molecule has 3 aromatic rings. The van der Waals surface area contributed by atoms with E-state index in [1.807, 2.05) is 0 Å². The molecule has 0 bridgehead atoms. The standard InChI is InChI=1S/C22H16FN3O5S/c1-11-24-25-22(32-11)26-18(13-4-2-3-5-14(13)23)17(20(28)21(26)29)19(27)12-6-7-15-16(10-12)31-9-8-30-15/h2-7,10,18,27H,8-9H2,1H3/b19-17-. The number of aryl methyl sites for hydroxylation is 1. The van der Waals surface area contributed by atoms with E-state index in [2.05, 4.69) is 10.2 Å². The van der Waals surface area contributed by atoms with E-state index in [1.165, 1.54) is 24.3 Å². The van der Waals surface area contributed by atoms with E-state index in [-0.39, 0.29) is 21.8 Å². The van der Waals surface area contributed by atoms with Crippen LogP contribution in [-0.4, -0.2) is 40.2 Å². The molecular formula is C22H16FN3O5S. The zero-order valence-electron chi connectivity index (χ0n) is 16.7. The van der Waals surface area contributed by atoms with Gasteiger partial charge in [-0.25, -0.2) is 4.39 Å². The number of ether oxygens (including phenoxy) is 2. The van der Waals surface area contributed by atoms with Crippen LogP contribution in [0.3, 0.4) is 0 Å². The molecule has 1 atom stereocenters. The first-order valence-electron chi connectivity index (χ1n) is 9.71. The summed E-state index contributed by atoms with van der Waals surface area (Å²) in [5.41, 5.74) is 0.0466. The summed E-state index contributed by atoms with van der Waals surface area (Å²) in [6, 6.07) is 9.24. The summed E-state index contributed by atoms with van der Waals surface area (Å²) in [5.74, 6) is -2.04. The van der Waals surface area contributed by atoms with Gasteiger partial charge in [0.15, 0.2) is 11.5 Å². The van der Waals surface area contributed by atoms with Crippen LogP contribution in [0.5, 0.6) is 11.5 Å². The van der Waals surface area contributed by atoms with Crippen molar-refractivity contribution in [1.29, 1.82) is 0 Å². The van der Waals surface area contributed by atoms with E-state index in [0.717, 1.165) is 16.2 Å². The van der Waals surface area contributed by atoms with Crippen molar-refractivity contribution in [2.24, 2.45) is 0 Å². The van der Waals surface area contributed by atoms with Crippen molar-refractivity contribution < 1.29 is 28.6 Å². The molecule has 2 aromatic carbocycles. The van der Waals surface area contributed by atoms with E-state index in [0.29, 0.717) is 29.7 Å². The fourth-order valence-electron chi connectivity index (χ4n) is 3.75. The van der Waals surface area contributed by atoms with Gasteiger partial charge in [0.25, 0.3) is 5.78 Å². The highest BCUT2D eigenvalue weighted by molar-refractivity contribution is 7.15. The average molecular weight is 453 g/mol. The zero-order valence-corrected chi connectivity index (χ0v) is 17.6. The number of anilines is 1. The van der Waals surface area contributed by atoms with Gasteiger partial charge in [0.1, 0.15) is 35.8 Å². The number of aliphatic hydroxyl groups excluding tert-OH is 1. The van der Waals surface area contributed by atoms with Gasteiger partial charge in [-0.2, -0.15) is 0 Å². The van der Waals surface area contributed by atoms with Crippen molar-refractivity contribution in [3.05, 3.63) is 70.0 Å². The smallest absolute Gasteiger partial charge is 0.301 e. The number of aliphatic hydroxyl groups is 1. The molecule has 5 rings (SSSR count). The third kappa shape index (κ3) is 3.19. The quantitative estimate of drug-likeness (QED) is 0.368. The number of carbonyl (C=O) groups is 2. The lowest BCUT2D eigenvalue weighted by Gasteiger charge is -2.23. The van der Waals surface area contributed by atoms with Crippen LogP contribution in [-0.2, 0) is 9.59 Å². The lowest BCUT2D eigenvalue weighted by atomic mass is 9.95. The first kappa shape index (κ1) is 20.1. The number of hydrogen-bond acceptors (Lipinski definition) is 8. The molecule has 1 unspecified atom stereocenters. The van der Waals surface area contributed by atoms with Crippen LogP contribution in [0.25, 0.3) is 5.76 Å². The molecule has 1 saturated heterocycles. The number of ketones is 1. The van der Waals surface area contributed by atoms with Gasteiger partial charge in [0.2, 0.25) is 5.13 Å². The lowest BCUT2D eigenvalue weighted by Crippen LogP contribution is -2.29. The van der Waals surface area contributed by atoms with Crippen molar-refractivity contribution >= 4 is 33.9 Å². The van der Waals surface area contributed by atoms with Gasteiger partial charge in [0.05, 0.1) is 5.57 Å². The van der Waals surface area contributed by atoms with Gasteiger partial charge in [-0.15, -0.1) is 10.2 Å². The van der Waals surface area contributed by atoms with Crippen LogP contribution in [0.1, 0.15) is 22.2 Å². The number of benzene rings is 2. The summed E-state index contributed by atoms with van der Waals surface area (Å²) in [4.78, 5) is 27.1. The monoisotopic (exact) mass is 453 g/mol. The molecule has 0 radical (unpaired) electrons. The Hall–Kier alpha value is -3.79. The minimum atomic E-state index is -1.21. The van der Waals surface area contributed by atoms with E-state index < -0.39 is 29.3 Å². The predicted molar refractivity (Wildman–Crippen MR) is 113 cm³/mol. The Morgan fingerprint density at radius 2 is 1.88 bits per heavy atom. The minimum Gasteiger partial charge on any atom is -0.507 e. The summed E-state index contributed by atoms with van der Waals surface area (Å²) < 4.78 is 25.9. The number of nitrogens with zero attached hydrogens (tertiary/aromatic N) is 3. The predicted octanol–water partition coefficient (Wildman–Crippen LogP) is 3.38. The second-order valence-electron chi connectivity index (χ2n) is 7.15. The molecule has 2 aliphatic heterocycles. The van der Waals surface area contributed by atoms with Gasteiger partial charge in [-0.05, 0) is 31.2 Å². The van der Waals surface area contributed by atoms with Crippen LogP contribution in [0.15, 0.2) is 48.0 Å². The van der Waals surface area contributed by atoms with Gasteiger partial charge >= 0.3 is 5.91 Å². The third-order valence-electron chi connectivity index (χ3n) is 5.18. The summed E-state index contributed by atoms with van der Waals surface area (Å²) in [7, 11) is 0. The van der Waals surface area contributed by atoms with Gasteiger partial charge < -0.3 is 14.6 Å². The molecule has 0 saturated carbocycles. The van der Waals surface area contributed by atoms with Crippen LogP contribution in [0.2, 0.25) is 0 Å². The Balaban J connectivity index is 1.71. The maximum absolute atomic E-state index is 14.8. The van der Waals surface area contributed by atoms with E-state index in [4.69, 9.17) is 9.47 Å². The molecule has 10 heteroatoms. The third-order valence-corrected chi connectivity index (χ3v) is 6.02. The molecule has 8 nitrogen and oxygen atoms in total. The van der Waals surface area contributed by atoms with Crippen LogP contribution in [0.4, 0.5) is 9.52 Å². The Morgan fingerprint density at radius 3 is 2.59 bits per heavy atom. The highest BCUT2D eigenvalue weighted by Gasteiger charge is 2.49. The van der Waals surface area contributed by atoms with Gasteiger partial charge in [-0.1, -0.05) is 29.5 Å². The maximum atomic E-state index is 14.8. The Bertz CT molecular complexity index is 1290.